The van der Waals surface area contributed by atoms with Gasteiger partial charge in [-0.15, -0.1) is 0 Å². The lowest BCUT2D eigenvalue weighted by atomic mass is 9.95. The number of hydrogen-bond donors (Lipinski definition) is 1. The van der Waals surface area contributed by atoms with Crippen LogP contribution in [0.3, 0.4) is 0 Å². The minimum absolute atomic E-state index is 0.239. The zero-order valence-corrected chi connectivity index (χ0v) is 12.0. The molecule has 2 N–H and O–H groups in total. The van der Waals surface area contributed by atoms with E-state index in [1.807, 2.05) is 6.07 Å². The smallest absolute Gasteiger partial charge is 0.115 e. The molecular weight excluding hydrogens is 238 g/mol. The number of aromatic nitrogens is 2. The van der Waals surface area contributed by atoms with Gasteiger partial charge in [-0.1, -0.05) is 0 Å². The molecule has 1 aliphatic rings. The van der Waals surface area contributed by atoms with Gasteiger partial charge in [0.05, 0.1) is 11.7 Å². The molecule has 1 fully saturated rings. The molecule has 106 valence electrons. The Kier molecular flexibility index (Phi) is 5.24. The number of rotatable bonds is 5. The maximum absolute atomic E-state index is 5.94. The topological polar surface area (TPSA) is 58.3 Å². The van der Waals surface area contributed by atoms with Crippen LogP contribution in [-0.2, 0) is 0 Å². The fourth-order valence-electron chi connectivity index (χ4n) is 2.92. The molecular formula is C14H25N5. The van der Waals surface area contributed by atoms with E-state index in [4.69, 9.17) is 5.73 Å². The lowest BCUT2D eigenvalue weighted by Crippen LogP contribution is -2.41. The van der Waals surface area contributed by atoms with Crippen molar-refractivity contribution in [2.45, 2.75) is 18.9 Å². The molecule has 1 atom stereocenters. The highest BCUT2D eigenvalue weighted by molar-refractivity contribution is 5.06. The Bertz CT molecular complexity index is 359. The normalized spacial score (nSPS) is 19.8. The zero-order chi connectivity index (χ0) is 13.7. The van der Waals surface area contributed by atoms with Gasteiger partial charge < -0.3 is 10.6 Å². The first-order valence-corrected chi connectivity index (χ1v) is 7.05. The highest BCUT2D eigenvalue weighted by Gasteiger charge is 2.26. The first kappa shape index (κ1) is 14.4. The van der Waals surface area contributed by atoms with Gasteiger partial charge in [-0.05, 0) is 52.0 Å². The lowest BCUT2D eigenvalue weighted by molar-refractivity contribution is 0.120. The Morgan fingerprint density at radius 3 is 2.68 bits per heavy atom. The molecule has 5 heteroatoms. The van der Waals surface area contributed by atoms with Crippen LogP contribution in [0.5, 0.6) is 0 Å². The van der Waals surface area contributed by atoms with Crippen molar-refractivity contribution in [3.05, 3.63) is 24.3 Å². The van der Waals surface area contributed by atoms with E-state index in [-0.39, 0.29) is 6.04 Å². The first-order chi connectivity index (χ1) is 9.20. The van der Waals surface area contributed by atoms with Crippen LogP contribution in [0, 0.1) is 5.92 Å². The second-order valence-corrected chi connectivity index (χ2v) is 5.63. The van der Waals surface area contributed by atoms with Crippen LogP contribution in [0.15, 0.2) is 18.6 Å². The van der Waals surface area contributed by atoms with E-state index in [0.29, 0.717) is 6.54 Å². The van der Waals surface area contributed by atoms with Gasteiger partial charge in [0.1, 0.15) is 6.33 Å². The van der Waals surface area contributed by atoms with E-state index in [2.05, 4.69) is 33.9 Å². The van der Waals surface area contributed by atoms with Crippen LogP contribution in [0.1, 0.15) is 24.6 Å². The minimum atomic E-state index is 0.239. The van der Waals surface area contributed by atoms with Gasteiger partial charge in [0.25, 0.3) is 0 Å². The summed E-state index contributed by atoms with van der Waals surface area (Å²) >= 11 is 0. The maximum Gasteiger partial charge on any atom is 0.115 e. The van der Waals surface area contributed by atoms with Crippen molar-refractivity contribution in [2.24, 2.45) is 11.7 Å². The highest BCUT2D eigenvalue weighted by Crippen LogP contribution is 2.25. The quantitative estimate of drug-likeness (QED) is 0.849. The summed E-state index contributed by atoms with van der Waals surface area (Å²) < 4.78 is 0. The van der Waals surface area contributed by atoms with E-state index in [1.54, 1.807) is 12.5 Å². The fourth-order valence-corrected chi connectivity index (χ4v) is 2.92. The molecule has 1 unspecified atom stereocenters. The van der Waals surface area contributed by atoms with Crippen molar-refractivity contribution in [3.8, 4) is 0 Å². The summed E-state index contributed by atoms with van der Waals surface area (Å²) in [6.45, 7) is 4.04. The van der Waals surface area contributed by atoms with Crippen LogP contribution in [0.25, 0.3) is 0 Å². The Balaban J connectivity index is 1.92. The predicted octanol–water partition coefficient (Wildman–Crippen LogP) is 0.750. The monoisotopic (exact) mass is 263 g/mol. The molecule has 0 bridgehead atoms. The predicted molar refractivity (Wildman–Crippen MR) is 76.7 cm³/mol. The molecule has 19 heavy (non-hydrogen) atoms. The molecule has 0 aliphatic carbocycles. The molecule has 0 spiro atoms. The van der Waals surface area contributed by atoms with E-state index < -0.39 is 0 Å². The van der Waals surface area contributed by atoms with Gasteiger partial charge in [0.15, 0.2) is 0 Å². The third-order valence-electron chi connectivity index (χ3n) is 3.88. The van der Waals surface area contributed by atoms with Gasteiger partial charge in [0.2, 0.25) is 0 Å². The maximum atomic E-state index is 5.94. The van der Waals surface area contributed by atoms with Crippen LogP contribution < -0.4 is 5.73 Å². The summed E-state index contributed by atoms with van der Waals surface area (Å²) in [5, 5.41) is 0. The number of hydrogen-bond acceptors (Lipinski definition) is 5. The van der Waals surface area contributed by atoms with Crippen molar-refractivity contribution >= 4 is 0 Å². The summed E-state index contributed by atoms with van der Waals surface area (Å²) in [7, 11) is 4.30. The van der Waals surface area contributed by atoms with Gasteiger partial charge in [-0.25, -0.2) is 9.97 Å². The van der Waals surface area contributed by atoms with Gasteiger partial charge in [0, 0.05) is 19.3 Å². The summed E-state index contributed by atoms with van der Waals surface area (Å²) in [4.78, 5) is 13.1. The van der Waals surface area contributed by atoms with Crippen molar-refractivity contribution < 1.29 is 0 Å². The molecule has 0 saturated carbocycles. The first-order valence-electron chi connectivity index (χ1n) is 7.05. The molecule has 0 amide bonds. The largest absolute Gasteiger partial charge is 0.329 e. The van der Waals surface area contributed by atoms with Crippen LogP contribution in [0.2, 0.25) is 0 Å². The number of likely N-dealkylation sites (tertiary alicyclic amines) is 1. The van der Waals surface area contributed by atoms with Crippen LogP contribution >= 0.6 is 0 Å². The molecule has 0 radical (unpaired) electrons. The summed E-state index contributed by atoms with van der Waals surface area (Å²) in [6, 6.07) is 2.21. The molecule has 2 rings (SSSR count). The lowest BCUT2D eigenvalue weighted by Gasteiger charge is -2.37. The van der Waals surface area contributed by atoms with Gasteiger partial charge in [-0.3, -0.25) is 4.90 Å². The molecule has 5 nitrogen and oxygen atoms in total. The number of nitrogens with two attached hydrogens (primary N) is 1. The third kappa shape index (κ3) is 3.96. The Morgan fingerprint density at radius 1 is 1.42 bits per heavy atom. The van der Waals surface area contributed by atoms with Crippen molar-refractivity contribution in [2.75, 3.05) is 40.3 Å². The average Bonchev–Trinajstić information content (AvgIpc) is 2.42. The van der Waals surface area contributed by atoms with E-state index in [1.165, 1.54) is 19.4 Å². The SMILES string of the molecule is CN(C)CC1CCN(C(CN)c2ccncn2)CC1. The molecule has 1 aromatic heterocycles. The van der Waals surface area contributed by atoms with Crippen molar-refractivity contribution in [1.29, 1.82) is 0 Å². The summed E-state index contributed by atoms with van der Waals surface area (Å²) in [5.41, 5.74) is 6.99. The van der Waals surface area contributed by atoms with Crippen LogP contribution in [-0.4, -0.2) is 60.0 Å². The Labute approximate surface area is 115 Å². The summed E-state index contributed by atoms with van der Waals surface area (Å²) in [6.07, 6.45) is 5.90. The van der Waals surface area contributed by atoms with Gasteiger partial charge in [-0.2, -0.15) is 0 Å². The summed E-state index contributed by atoms with van der Waals surface area (Å²) in [5.74, 6) is 0.815. The van der Waals surface area contributed by atoms with Crippen molar-refractivity contribution in [3.63, 3.8) is 0 Å². The number of nitrogens with zero attached hydrogens (tertiary/aromatic N) is 4. The van der Waals surface area contributed by atoms with Gasteiger partial charge >= 0.3 is 0 Å². The zero-order valence-electron chi connectivity index (χ0n) is 12.0. The third-order valence-corrected chi connectivity index (χ3v) is 3.88. The minimum Gasteiger partial charge on any atom is -0.329 e. The van der Waals surface area contributed by atoms with E-state index in [9.17, 15) is 0 Å². The molecule has 1 aromatic rings. The molecule has 0 aromatic carbocycles. The number of piperidine rings is 1. The second-order valence-electron chi connectivity index (χ2n) is 5.63. The standard InChI is InChI=1S/C14H25N5/c1-18(2)10-12-4-7-19(8-5-12)14(9-15)13-3-6-16-11-17-13/h3,6,11-12,14H,4-5,7-10,15H2,1-2H3. The molecule has 1 aliphatic heterocycles. The molecule has 1 saturated heterocycles. The average molecular weight is 263 g/mol. The van der Waals surface area contributed by atoms with Crippen molar-refractivity contribution in [1.82, 2.24) is 19.8 Å². The Morgan fingerprint density at radius 2 is 2.16 bits per heavy atom. The fraction of sp³-hybridized carbons (Fsp3) is 0.714. The van der Waals surface area contributed by atoms with E-state index in [0.717, 1.165) is 24.7 Å². The highest BCUT2D eigenvalue weighted by atomic mass is 15.2. The Hall–Kier alpha value is -1.04. The molecule has 2 heterocycles. The second kappa shape index (κ2) is 6.93. The van der Waals surface area contributed by atoms with Crippen LogP contribution in [0.4, 0.5) is 0 Å². The van der Waals surface area contributed by atoms with E-state index >= 15 is 0 Å².